The lowest BCUT2D eigenvalue weighted by atomic mass is 10.0. The molecule has 0 aromatic carbocycles. The van der Waals surface area contributed by atoms with Crippen molar-refractivity contribution in [1.82, 2.24) is 0 Å². The zero-order valence-electron chi connectivity index (χ0n) is 19.3. The highest BCUT2D eigenvalue weighted by atomic mass is 16.7. The van der Waals surface area contributed by atoms with Gasteiger partial charge in [0, 0.05) is 20.6 Å². The maximum absolute atomic E-state index is 5.40. The molecule has 0 aliphatic carbocycles. The monoisotopic (exact) mass is 376 g/mol. The molecule has 0 fully saturated rings. The molecule has 0 aromatic rings. The summed E-state index contributed by atoms with van der Waals surface area (Å²) in [6.45, 7) is 13.1. The Morgan fingerprint density at radius 2 is 1.00 bits per heavy atom. The summed E-state index contributed by atoms with van der Waals surface area (Å²) in [5.74, 6) is -0.468. The van der Waals surface area contributed by atoms with Crippen molar-refractivity contribution in [2.75, 3.05) is 14.2 Å². The minimum atomic E-state index is -0.468. The summed E-state index contributed by atoms with van der Waals surface area (Å²) in [6.07, 6.45) is 18.3. The topological polar surface area (TPSA) is 18.5 Å². The molecule has 0 aliphatic heterocycles. The molecule has 0 rings (SSSR count). The second kappa shape index (κ2) is 14.9. The number of allylic oxidation sites excluding steroid dienone is 8. The summed E-state index contributed by atoms with van der Waals surface area (Å²) in [5, 5.41) is 0. The van der Waals surface area contributed by atoms with Gasteiger partial charge in [-0.1, -0.05) is 46.6 Å². The summed E-state index contributed by atoms with van der Waals surface area (Å²) in [4.78, 5) is 0. The molecule has 27 heavy (non-hydrogen) atoms. The van der Waals surface area contributed by atoms with Crippen molar-refractivity contribution in [2.24, 2.45) is 0 Å². The fraction of sp³-hybridized carbons (Fsp3) is 0.680. The van der Waals surface area contributed by atoms with Crippen molar-refractivity contribution in [1.29, 1.82) is 0 Å². The van der Waals surface area contributed by atoms with Crippen LogP contribution in [-0.4, -0.2) is 20.0 Å². The van der Waals surface area contributed by atoms with Crippen LogP contribution < -0.4 is 0 Å². The minimum Gasteiger partial charge on any atom is -0.353 e. The van der Waals surface area contributed by atoms with E-state index in [1.165, 1.54) is 41.6 Å². The summed E-state index contributed by atoms with van der Waals surface area (Å²) in [7, 11) is 3.40. The molecular formula is C25H44O2. The van der Waals surface area contributed by atoms with Gasteiger partial charge in [0.05, 0.1) is 0 Å². The normalized spacial score (nSPS) is 13.9. The molecule has 0 aliphatic rings. The second-order valence-corrected chi connectivity index (χ2v) is 8.13. The first-order valence-corrected chi connectivity index (χ1v) is 10.4. The molecule has 2 heteroatoms. The van der Waals surface area contributed by atoms with Crippen LogP contribution in [0.15, 0.2) is 46.6 Å². The van der Waals surface area contributed by atoms with Crippen LogP contribution in [-0.2, 0) is 9.47 Å². The van der Waals surface area contributed by atoms with Crippen molar-refractivity contribution >= 4 is 0 Å². The smallest absolute Gasteiger partial charge is 0.165 e. The summed E-state index contributed by atoms with van der Waals surface area (Å²) in [6, 6.07) is 0. The zero-order valence-corrected chi connectivity index (χ0v) is 19.3. The molecule has 0 saturated carbocycles. The standard InChI is InChI=1S/C25H44O2/c1-21(2)13-9-14-22(3)15-10-16-23(4)17-11-18-24(5)19-12-20-25(6,26-7)27-8/h13,15,17,19H,9-12,14,16,18,20H2,1-8H3. The van der Waals surface area contributed by atoms with Gasteiger partial charge < -0.3 is 9.47 Å². The quantitative estimate of drug-likeness (QED) is 0.226. The van der Waals surface area contributed by atoms with E-state index in [9.17, 15) is 0 Å². The van der Waals surface area contributed by atoms with E-state index >= 15 is 0 Å². The van der Waals surface area contributed by atoms with Crippen molar-refractivity contribution in [3.8, 4) is 0 Å². The molecule has 0 atom stereocenters. The van der Waals surface area contributed by atoms with Gasteiger partial charge in [-0.2, -0.15) is 0 Å². The molecule has 0 aromatic heterocycles. The van der Waals surface area contributed by atoms with Crippen LogP contribution in [0.4, 0.5) is 0 Å². The molecular weight excluding hydrogens is 332 g/mol. The third kappa shape index (κ3) is 14.6. The molecule has 0 spiro atoms. The van der Waals surface area contributed by atoms with Crippen LogP contribution in [0.25, 0.3) is 0 Å². The van der Waals surface area contributed by atoms with Gasteiger partial charge in [-0.15, -0.1) is 0 Å². The maximum atomic E-state index is 5.40. The Morgan fingerprint density at radius 1 is 0.630 bits per heavy atom. The van der Waals surface area contributed by atoms with Gasteiger partial charge in [-0.05, 0) is 86.5 Å². The molecule has 156 valence electrons. The SMILES string of the molecule is COC(C)(CCC=C(C)CCC=C(C)CCC=C(C)CCC=C(C)C)OC. The number of hydrogen-bond donors (Lipinski definition) is 0. The highest BCUT2D eigenvalue weighted by Gasteiger charge is 2.20. The molecule has 0 heterocycles. The molecule has 0 saturated heterocycles. The van der Waals surface area contributed by atoms with E-state index in [1.54, 1.807) is 14.2 Å². The Kier molecular flexibility index (Phi) is 14.3. The van der Waals surface area contributed by atoms with Gasteiger partial charge in [0.1, 0.15) is 0 Å². The number of methoxy groups -OCH3 is 2. The first kappa shape index (κ1) is 25.9. The number of rotatable bonds is 14. The Hall–Kier alpha value is -1.12. The van der Waals surface area contributed by atoms with Crippen LogP contribution in [0.2, 0.25) is 0 Å². The summed E-state index contributed by atoms with van der Waals surface area (Å²) >= 11 is 0. The molecule has 0 radical (unpaired) electrons. The third-order valence-corrected chi connectivity index (χ3v) is 5.11. The Bertz CT molecular complexity index is 512. The average molecular weight is 377 g/mol. The van der Waals surface area contributed by atoms with Gasteiger partial charge in [-0.3, -0.25) is 0 Å². The number of hydrogen-bond acceptors (Lipinski definition) is 2. The van der Waals surface area contributed by atoms with Crippen LogP contribution in [0.3, 0.4) is 0 Å². The average Bonchev–Trinajstić information content (AvgIpc) is 2.61. The molecule has 2 nitrogen and oxygen atoms in total. The van der Waals surface area contributed by atoms with Gasteiger partial charge in [0.25, 0.3) is 0 Å². The first-order chi connectivity index (χ1) is 12.7. The van der Waals surface area contributed by atoms with E-state index < -0.39 is 5.79 Å². The largest absolute Gasteiger partial charge is 0.353 e. The predicted octanol–water partition coefficient (Wildman–Crippen LogP) is 7.92. The zero-order chi connectivity index (χ0) is 20.7. The van der Waals surface area contributed by atoms with E-state index in [0.29, 0.717) is 0 Å². The van der Waals surface area contributed by atoms with E-state index in [2.05, 4.69) is 58.9 Å². The highest BCUT2D eigenvalue weighted by Crippen LogP contribution is 2.19. The maximum Gasteiger partial charge on any atom is 0.165 e. The van der Waals surface area contributed by atoms with E-state index in [1.807, 2.05) is 6.92 Å². The summed E-state index contributed by atoms with van der Waals surface area (Å²) in [5.41, 5.74) is 5.88. The van der Waals surface area contributed by atoms with Crippen molar-refractivity contribution in [3.63, 3.8) is 0 Å². The molecule has 0 bridgehead atoms. The lowest BCUT2D eigenvalue weighted by Crippen LogP contribution is -2.29. The van der Waals surface area contributed by atoms with Gasteiger partial charge in [0.15, 0.2) is 5.79 Å². The van der Waals surface area contributed by atoms with E-state index in [0.717, 1.165) is 32.1 Å². The Morgan fingerprint density at radius 3 is 1.37 bits per heavy atom. The minimum absolute atomic E-state index is 0.468. The Balaban J connectivity index is 4.10. The van der Waals surface area contributed by atoms with Gasteiger partial charge in [0.2, 0.25) is 0 Å². The third-order valence-electron chi connectivity index (χ3n) is 5.11. The van der Waals surface area contributed by atoms with Crippen LogP contribution in [0, 0.1) is 0 Å². The molecule has 0 unspecified atom stereocenters. The van der Waals surface area contributed by atoms with Crippen molar-refractivity contribution < 1.29 is 9.47 Å². The lowest BCUT2D eigenvalue weighted by Gasteiger charge is -2.25. The predicted molar refractivity (Wildman–Crippen MR) is 120 cm³/mol. The van der Waals surface area contributed by atoms with Crippen LogP contribution in [0.5, 0.6) is 0 Å². The first-order valence-electron chi connectivity index (χ1n) is 10.4. The van der Waals surface area contributed by atoms with Gasteiger partial charge in [-0.25, -0.2) is 0 Å². The summed E-state index contributed by atoms with van der Waals surface area (Å²) < 4.78 is 10.8. The second-order valence-electron chi connectivity index (χ2n) is 8.13. The highest BCUT2D eigenvalue weighted by molar-refractivity contribution is 5.07. The van der Waals surface area contributed by atoms with Crippen LogP contribution >= 0.6 is 0 Å². The lowest BCUT2D eigenvalue weighted by molar-refractivity contribution is -0.196. The fourth-order valence-electron chi connectivity index (χ4n) is 2.86. The number of ether oxygens (including phenoxy) is 2. The fourth-order valence-corrected chi connectivity index (χ4v) is 2.86. The Labute approximate surface area is 169 Å². The van der Waals surface area contributed by atoms with E-state index in [4.69, 9.17) is 9.47 Å². The molecule has 0 N–H and O–H groups in total. The van der Waals surface area contributed by atoms with Crippen LogP contribution in [0.1, 0.15) is 92.9 Å². The van der Waals surface area contributed by atoms with Crippen molar-refractivity contribution in [3.05, 3.63) is 46.6 Å². The van der Waals surface area contributed by atoms with Crippen molar-refractivity contribution in [2.45, 2.75) is 98.7 Å². The van der Waals surface area contributed by atoms with Gasteiger partial charge >= 0.3 is 0 Å². The molecule has 0 amide bonds. The van der Waals surface area contributed by atoms with E-state index in [-0.39, 0.29) is 0 Å².